The second-order valence-electron chi connectivity index (χ2n) is 12.4. The average molecular weight is 700 g/mol. The van der Waals surface area contributed by atoms with Gasteiger partial charge >= 0.3 is 0 Å². The molecule has 1 atom stereocenters. The summed E-state index contributed by atoms with van der Waals surface area (Å²) in [7, 11) is 1.57. The summed E-state index contributed by atoms with van der Waals surface area (Å²) in [4.78, 5) is 25.4. The standard InChI is InChI=1S/C40H38ClN7O3/c1-51-36-20-19-28(22-35(36)41)23-42-37-34(25-43-39(46-37)47-21-11-18-33(47)27-49)38(50)45-32-24-44-48(26-32)40(29-12-5-2-6-13-29,30-14-7-3-8-15-30)31-16-9-4-10-17-31/h2-10,12-17,19-20,22,24-26,33,49H,11,18,21,23,27H2,1H3,(H,45,50)(H,42,43,46)/t33-/m0/s1. The van der Waals surface area contributed by atoms with E-state index in [0.717, 1.165) is 41.6 Å². The van der Waals surface area contributed by atoms with Gasteiger partial charge in [-0.3, -0.25) is 9.48 Å². The Bertz CT molecular complexity index is 2000. The van der Waals surface area contributed by atoms with Crippen LogP contribution in [0.2, 0.25) is 5.02 Å². The predicted molar refractivity (Wildman–Crippen MR) is 200 cm³/mol. The fraction of sp³-hybridized carbons (Fsp3) is 0.200. The van der Waals surface area contributed by atoms with Gasteiger partial charge < -0.3 is 25.4 Å². The number of hydrogen-bond acceptors (Lipinski definition) is 8. The molecule has 3 N–H and O–H groups in total. The van der Waals surface area contributed by atoms with Crippen molar-refractivity contribution < 1.29 is 14.6 Å². The summed E-state index contributed by atoms with van der Waals surface area (Å²) in [6.45, 7) is 1.06. The zero-order valence-electron chi connectivity index (χ0n) is 28.1. The molecule has 0 unspecified atom stereocenters. The van der Waals surface area contributed by atoms with Crippen LogP contribution in [0.25, 0.3) is 0 Å². The summed E-state index contributed by atoms with van der Waals surface area (Å²) in [5.41, 5.74) is 3.85. The van der Waals surface area contributed by atoms with E-state index < -0.39 is 11.4 Å². The number of amides is 1. The number of carbonyl (C=O) groups excluding carboxylic acids is 1. The fourth-order valence-electron chi connectivity index (χ4n) is 6.81. The Morgan fingerprint density at radius 3 is 2.18 bits per heavy atom. The first-order valence-corrected chi connectivity index (χ1v) is 17.2. The molecule has 0 radical (unpaired) electrons. The van der Waals surface area contributed by atoms with E-state index >= 15 is 0 Å². The number of aromatic nitrogens is 4. The molecule has 258 valence electrons. The monoisotopic (exact) mass is 699 g/mol. The Kier molecular flexibility index (Phi) is 9.96. The van der Waals surface area contributed by atoms with Crippen LogP contribution in [-0.2, 0) is 12.1 Å². The number of nitrogens with zero attached hydrogens (tertiary/aromatic N) is 5. The molecule has 0 saturated carbocycles. The van der Waals surface area contributed by atoms with Crippen molar-refractivity contribution in [2.24, 2.45) is 0 Å². The Hall–Kier alpha value is -5.71. The minimum Gasteiger partial charge on any atom is -0.495 e. The first-order chi connectivity index (χ1) is 25.0. The van der Waals surface area contributed by atoms with Crippen molar-refractivity contribution >= 4 is 35.0 Å². The van der Waals surface area contributed by atoms with E-state index in [1.807, 2.05) is 82.5 Å². The van der Waals surface area contributed by atoms with Crippen molar-refractivity contribution in [3.8, 4) is 5.75 Å². The summed E-state index contributed by atoms with van der Waals surface area (Å²) in [5, 5.41) is 21.7. The predicted octanol–water partition coefficient (Wildman–Crippen LogP) is 7.00. The lowest BCUT2D eigenvalue weighted by Gasteiger charge is -2.36. The highest BCUT2D eigenvalue weighted by Gasteiger charge is 2.39. The molecule has 0 bridgehead atoms. The van der Waals surface area contributed by atoms with E-state index in [-0.39, 0.29) is 18.2 Å². The summed E-state index contributed by atoms with van der Waals surface area (Å²) in [6.07, 6.45) is 6.79. The van der Waals surface area contributed by atoms with Gasteiger partial charge in [-0.25, -0.2) is 4.98 Å². The molecule has 2 aromatic heterocycles. The van der Waals surface area contributed by atoms with Crippen LogP contribution in [-0.4, -0.2) is 57.1 Å². The molecular weight excluding hydrogens is 662 g/mol. The van der Waals surface area contributed by atoms with Crippen LogP contribution in [0.3, 0.4) is 0 Å². The van der Waals surface area contributed by atoms with Crippen LogP contribution in [0.4, 0.5) is 17.5 Å². The van der Waals surface area contributed by atoms with Gasteiger partial charge in [0.15, 0.2) is 0 Å². The first kappa shape index (κ1) is 33.8. The molecule has 1 aliphatic heterocycles. The van der Waals surface area contributed by atoms with Crippen LogP contribution in [0.5, 0.6) is 5.75 Å². The molecular formula is C40H38ClN7O3. The lowest BCUT2D eigenvalue weighted by atomic mass is 9.77. The SMILES string of the molecule is COc1ccc(CNc2nc(N3CCC[C@H]3CO)ncc2C(=O)Nc2cnn(C(c3ccccc3)(c3ccccc3)c3ccccc3)c2)cc1Cl. The Morgan fingerprint density at radius 1 is 0.941 bits per heavy atom. The number of ether oxygens (including phenoxy) is 1. The zero-order valence-corrected chi connectivity index (χ0v) is 28.9. The maximum Gasteiger partial charge on any atom is 0.261 e. The number of benzene rings is 4. The second kappa shape index (κ2) is 15.0. The molecule has 3 heterocycles. The summed E-state index contributed by atoms with van der Waals surface area (Å²) < 4.78 is 7.20. The van der Waals surface area contributed by atoms with Gasteiger partial charge in [-0.05, 0) is 47.2 Å². The van der Waals surface area contributed by atoms with Gasteiger partial charge in [0.25, 0.3) is 5.91 Å². The van der Waals surface area contributed by atoms with E-state index in [1.54, 1.807) is 19.4 Å². The number of rotatable bonds is 12. The highest BCUT2D eigenvalue weighted by atomic mass is 35.5. The lowest BCUT2D eigenvalue weighted by molar-refractivity contribution is 0.102. The van der Waals surface area contributed by atoms with Crippen LogP contribution >= 0.6 is 11.6 Å². The second-order valence-corrected chi connectivity index (χ2v) is 12.8. The van der Waals surface area contributed by atoms with Crippen molar-refractivity contribution in [3.63, 3.8) is 0 Å². The number of aliphatic hydroxyl groups is 1. The van der Waals surface area contributed by atoms with Gasteiger partial charge in [0, 0.05) is 19.3 Å². The van der Waals surface area contributed by atoms with E-state index in [1.165, 1.54) is 6.20 Å². The third kappa shape index (κ3) is 6.75. The number of aliphatic hydroxyl groups excluding tert-OH is 1. The third-order valence-electron chi connectivity index (χ3n) is 9.30. The molecule has 0 aliphatic carbocycles. The summed E-state index contributed by atoms with van der Waals surface area (Å²) in [5.74, 6) is 0.976. The highest BCUT2D eigenvalue weighted by molar-refractivity contribution is 6.32. The number of halogens is 1. The first-order valence-electron chi connectivity index (χ1n) is 16.8. The number of hydrogen-bond donors (Lipinski definition) is 3. The molecule has 0 spiro atoms. The van der Waals surface area contributed by atoms with Crippen molar-refractivity contribution in [2.45, 2.75) is 31.0 Å². The van der Waals surface area contributed by atoms with Crippen LogP contribution in [0, 0.1) is 0 Å². The number of carbonyl (C=O) groups is 1. The third-order valence-corrected chi connectivity index (χ3v) is 9.60. The van der Waals surface area contributed by atoms with Crippen molar-refractivity contribution in [1.29, 1.82) is 0 Å². The Morgan fingerprint density at radius 2 is 1.59 bits per heavy atom. The van der Waals surface area contributed by atoms with E-state index in [4.69, 9.17) is 26.4 Å². The van der Waals surface area contributed by atoms with Gasteiger partial charge in [0.1, 0.15) is 22.7 Å². The van der Waals surface area contributed by atoms with Crippen LogP contribution in [0.15, 0.2) is 128 Å². The smallest absolute Gasteiger partial charge is 0.261 e. The molecule has 10 nitrogen and oxygen atoms in total. The number of anilines is 3. The topological polar surface area (TPSA) is 117 Å². The van der Waals surface area contributed by atoms with Gasteiger partial charge in [-0.2, -0.15) is 10.1 Å². The summed E-state index contributed by atoms with van der Waals surface area (Å²) in [6, 6.07) is 36.1. The number of nitrogens with one attached hydrogen (secondary N) is 2. The Labute approximate surface area is 301 Å². The zero-order chi connectivity index (χ0) is 35.2. The van der Waals surface area contributed by atoms with Gasteiger partial charge in [0.2, 0.25) is 5.95 Å². The van der Waals surface area contributed by atoms with E-state index in [2.05, 4.69) is 52.0 Å². The average Bonchev–Trinajstić information content (AvgIpc) is 3.86. The molecule has 1 fully saturated rings. The molecule has 6 aromatic rings. The normalized spacial score (nSPS) is 14.3. The fourth-order valence-corrected chi connectivity index (χ4v) is 7.09. The van der Waals surface area contributed by atoms with Gasteiger partial charge in [-0.15, -0.1) is 0 Å². The minimum atomic E-state index is -0.831. The molecule has 1 saturated heterocycles. The lowest BCUT2D eigenvalue weighted by Crippen LogP contribution is -2.38. The minimum absolute atomic E-state index is 0.000862. The maximum atomic E-state index is 14.0. The van der Waals surface area contributed by atoms with E-state index in [0.29, 0.717) is 34.8 Å². The molecule has 1 aliphatic rings. The quantitative estimate of drug-likeness (QED) is 0.117. The molecule has 11 heteroatoms. The van der Waals surface area contributed by atoms with Crippen LogP contribution < -0.4 is 20.3 Å². The molecule has 7 rings (SSSR count). The molecule has 51 heavy (non-hydrogen) atoms. The van der Waals surface area contributed by atoms with Gasteiger partial charge in [-0.1, -0.05) is 109 Å². The van der Waals surface area contributed by atoms with Crippen LogP contribution in [0.1, 0.15) is 45.5 Å². The van der Waals surface area contributed by atoms with Gasteiger partial charge in [0.05, 0.1) is 42.9 Å². The summed E-state index contributed by atoms with van der Waals surface area (Å²) >= 11 is 6.40. The maximum absolute atomic E-state index is 14.0. The Balaban J connectivity index is 1.24. The number of methoxy groups -OCH3 is 1. The van der Waals surface area contributed by atoms with E-state index in [9.17, 15) is 9.90 Å². The van der Waals surface area contributed by atoms with Crippen molar-refractivity contribution in [1.82, 2.24) is 19.7 Å². The highest BCUT2D eigenvalue weighted by Crippen LogP contribution is 2.41. The largest absolute Gasteiger partial charge is 0.495 e. The van der Waals surface area contributed by atoms with Crippen molar-refractivity contribution in [2.75, 3.05) is 35.8 Å². The van der Waals surface area contributed by atoms with Crippen molar-refractivity contribution in [3.05, 3.63) is 161 Å². The molecule has 1 amide bonds. The molecule has 4 aromatic carbocycles.